The van der Waals surface area contributed by atoms with Crippen molar-refractivity contribution in [1.82, 2.24) is 0 Å². The van der Waals surface area contributed by atoms with E-state index < -0.39 is 0 Å². The van der Waals surface area contributed by atoms with Crippen molar-refractivity contribution in [1.29, 1.82) is 0 Å². The van der Waals surface area contributed by atoms with Gasteiger partial charge in [0.15, 0.2) is 0 Å². The van der Waals surface area contributed by atoms with Crippen LogP contribution >= 0.6 is 0 Å². The standard InChI is InChI=1S/C14H8/c1-3-7-13-11(5-1)9-10-12-6-2-4-8-14(12)13/h1,3-6,8-10H. The fraction of sp³-hybridized carbons (Fsp3) is 0. The molecule has 0 heteroatoms. The van der Waals surface area contributed by atoms with Gasteiger partial charge >= 0.3 is 0 Å². The predicted molar refractivity (Wildman–Crippen MR) is 59.1 cm³/mol. The molecule has 3 aromatic rings. The van der Waals surface area contributed by atoms with Gasteiger partial charge in [0.1, 0.15) is 0 Å². The van der Waals surface area contributed by atoms with Gasteiger partial charge in [-0.25, -0.2) is 0 Å². The van der Waals surface area contributed by atoms with Gasteiger partial charge in [0.2, 0.25) is 0 Å². The van der Waals surface area contributed by atoms with E-state index in [2.05, 4.69) is 36.4 Å². The molecule has 0 fully saturated rings. The quantitative estimate of drug-likeness (QED) is 0.459. The summed E-state index contributed by atoms with van der Waals surface area (Å²) < 4.78 is 0. The van der Waals surface area contributed by atoms with Gasteiger partial charge in [-0.1, -0.05) is 42.5 Å². The third-order valence-electron chi connectivity index (χ3n) is 2.50. The number of fused-ring (bicyclic) bond motifs is 3. The third kappa shape index (κ3) is 1.01. The molecule has 0 aliphatic heterocycles. The number of hydrogen-bond donors (Lipinski definition) is 0. The Morgan fingerprint density at radius 2 is 1.79 bits per heavy atom. The van der Waals surface area contributed by atoms with Gasteiger partial charge in [-0.15, -0.1) is 0 Å². The van der Waals surface area contributed by atoms with Crippen LogP contribution in [0.25, 0.3) is 21.5 Å². The lowest BCUT2D eigenvalue weighted by molar-refractivity contribution is 1.75. The van der Waals surface area contributed by atoms with E-state index >= 15 is 0 Å². The summed E-state index contributed by atoms with van der Waals surface area (Å²) >= 11 is 0. The number of hydrogen-bond acceptors (Lipinski definition) is 0. The van der Waals surface area contributed by atoms with Crippen molar-refractivity contribution in [3.63, 3.8) is 0 Å². The molecule has 0 unspecified atom stereocenters. The first-order valence-electron chi connectivity index (χ1n) is 4.64. The van der Waals surface area contributed by atoms with Gasteiger partial charge in [-0.3, -0.25) is 0 Å². The molecule has 0 aromatic heterocycles. The highest BCUT2D eigenvalue weighted by Gasteiger charge is 1.97. The summed E-state index contributed by atoms with van der Waals surface area (Å²) in [4.78, 5) is 0. The topological polar surface area (TPSA) is 0 Å². The van der Waals surface area contributed by atoms with E-state index in [1.807, 2.05) is 24.3 Å². The minimum atomic E-state index is 1.19. The Bertz CT molecular complexity index is 539. The fourth-order valence-corrected chi connectivity index (χ4v) is 1.81. The first-order chi connectivity index (χ1) is 6.95. The van der Waals surface area contributed by atoms with Gasteiger partial charge in [0, 0.05) is 0 Å². The average Bonchev–Trinajstić information content (AvgIpc) is 2.29. The molecule has 0 aliphatic rings. The molecule has 14 heavy (non-hydrogen) atoms. The third-order valence-corrected chi connectivity index (χ3v) is 2.50. The van der Waals surface area contributed by atoms with Crippen molar-refractivity contribution < 1.29 is 0 Å². The molecular formula is C14H8. The summed E-state index contributed by atoms with van der Waals surface area (Å²) in [5.41, 5.74) is 0. The molecule has 2 radical (unpaired) electrons. The Balaban J connectivity index is 2.61. The Labute approximate surface area is 82.8 Å². The lowest BCUT2D eigenvalue weighted by atomic mass is 10.0. The largest absolute Gasteiger partial charge is 0.0610 e. The summed E-state index contributed by atoms with van der Waals surface area (Å²) in [6.07, 6.45) is 0. The van der Waals surface area contributed by atoms with Crippen LogP contribution in [0.3, 0.4) is 0 Å². The summed E-state index contributed by atoms with van der Waals surface area (Å²) in [5.74, 6) is 0. The zero-order valence-electron chi connectivity index (χ0n) is 7.62. The van der Waals surface area contributed by atoms with Crippen molar-refractivity contribution in [3.05, 3.63) is 60.7 Å². The van der Waals surface area contributed by atoms with Crippen molar-refractivity contribution in [3.8, 4) is 0 Å². The molecule has 0 saturated carbocycles. The molecule has 0 aliphatic carbocycles. The van der Waals surface area contributed by atoms with Crippen molar-refractivity contribution in [2.45, 2.75) is 0 Å². The van der Waals surface area contributed by atoms with Gasteiger partial charge in [-0.05, 0) is 39.7 Å². The SMILES string of the molecule is [c]1ccc2c(c1)ccc1ccc[c]c12. The number of benzene rings is 3. The molecule has 0 atom stereocenters. The Hall–Kier alpha value is -1.82. The van der Waals surface area contributed by atoms with Crippen molar-refractivity contribution >= 4 is 21.5 Å². The molecule has 0 spiro atoms. The van der Waals surface area contributed by atoms with E-state index in [4.69, 9.17) is 0 Å². The maximum atomic E-state index is 3.28. The van der Waals surface area contributed by atoms with Gasteiger partial charge in [0.25, 0.3) is 0 Å². The van der Waals surface area contributed by atoms with Crippen LogP contribution in [0.1, 0.15) is 0 Å². The second-order valence-electron chi connectivity index (χ2n) is 3.35. The van der Waals surface area contributed by atoms with E-state index in [0.29, 0.717) is 0 Å². The van der Waals surface area contributed by atoms with Gasteiger partial charge in [-0.2, -0.15) is 0 Å². The smallest absolute Gasteiger partial charge is 0.00266 e. The monoisotopic (exact) mass is 176 g/mol. The summed E-state index contributed by atoms with van der Waals surface area (Å²) in [6, 6.07) is 22.8. The maximum absolute atomic E-state index is 3.28. The Morgan fingerprint density at radius 3 is 2.79 bits per heavy atom. The maximum Gasteiger partial charge on any atom is -0.00266 e. The van der Waals surface area contributed by atoms with Crippen LogP contribution in [-0.4, -0.2) is 0 Å². The zero-order chi connectivity index (χ0) is 9.38. The van der Waals surface area contributed by atoms with Crippen LogP contribution in [0.2, 0.25) is 0 Å². The Kier molecular flexibility index (Phi) is 1.54. The van der Waals surface area contributed by atoms with E-state index in [0.717, 1.165) is 0 Å². The lowest BCUT2D eigenvalue weighted by Crippen LogP contribution is -1.76. The fourth-order valence-electron chi connectivity index (χ4n) is 1.81. The van der Waals surface area contributed by atoms with E-state index in [9.17, 15) is 0 Å². The average molecular weight is 176 g/mol. The molecule has 0 bridgehead atoms. The predicted octanol–water partition coefficient (Wildman–Crippen LogP) is 3.59. The Morgan fingerprint density at radius 1 is 0.857 bits per heavy atom. The highest BCUT2D eigenvalue weighted by atomic mass is 14.0. The van der Waals surface area contributed by atoms with E-state index in [1.165, 1.54) is 21.5 Å². The molecule has 0 amide bonds. The molecule has 64 valence electrons. The minimum absolute atomic E-state index is 1.19. The summed E-state index contributed by atoms with van der Waals surface area (Å²) in [6.45, 7) is 0. The van der Waals surface area contributed by atoms with Crippen LogP contribution in [-0.2, 0) is 0 Å². The van der Waals surface area contributed by atoms with Crippen LogP contribution in [0.15, 0.2) is 48.5 Å². The van der Waals surface area contributed by atoms with Gasteiger partial charge in [0.05, 0.1) is 0 Å². The summed E-state index contributed by atoms with van der Waals surface area (Å²) in [5, 5.41) is 4.91. The molecule has 0 nitrogen and oxygen atoms in total. The molecule has 3 rings (SSSR count). The molecule has 0 N–H and O–H groups in total. The minimum Gasteiger partial charge on any atom is -0.0610 e. The second-order valence-corrected chi connectivity index (χ2v) is 3.35. The van der Waals surface area contributed by atoms with Crippen LogP contribution in [0.4, 0.5) is 0 Å². The van der Waals surface area contributed by atoms with Crippen LogP contribution in [0.5, 0.6) is 0 Å². The zero-order valence-corrected chi connectivity index (χ0v) is 7.62. The molecule has 0 saturated heterocycles. The molecule has 0 heterocycles. The van der Waals surface area contributed by atoms with Crippen molar-refractivity contribution in [2.75, 3.05) is 0 Å². The van der Waals surface area contributed by atoms with Crippen LogP contribution < -0.4 is 0 Å². The molecule has 3 aromatic carbocycles. The summed E-state index contributed by atoms with van der Waals surface area (Å²) in [7, 11) is 0. The first kappa shape index (κ1) is 7.57. The lowest BCUT2D eigenvalue weighted by Gasteiger charge is -2.01. The highest BCUT2D eigenvalue weighted by Crippen LogP contribution is 2.23. The highest BCUT2D eigenvalue weighted by molar-refractivity contribution is 6.06. The van der Waals surface area contributed by atoms with E-state index in [1.54, 1.807) is 0 Å². The van der Waals surface area contributed by atoms with Crippen molar-refractivity contribution in [2.24, 2.45) is 0 Å². The van der Waals surface area contributed by atoms with Gasteiger partial charge < -0.3 is 0 Å². The number of rotatable bonds is 0. The van der Waals surface area contributed by atoms with Crippen LogP contribution in [0, 0.1) is 12.1 Å². The molecular weight excluding hydrogens is 168 g/mol. The first-order valence-corrected chi connectivity index (χ1v) is 4.64. The normalized spacial score (nSPS) is 10.9. The van der Waals surface area contributed by atoms with E-state index in [-0.39, 0.29) is 0 Å². The second kappa shape index (κ2) is 2.85.